The Labute approximate surface area is 160 Å². The van der Waals surface area contributed by atoms with Crippen LogP contribution in [0.4, 0.5) is 10.1 Å². The van der Waals surface area contributed by atoms with E-state index in [-0.39, 0.29) is 40.0 Å². The number of benzene rings is 1. The van der Waals surface area contributed by atoms with Gasteiger partial charge in [-0.2, -0.15) is 5.90 Å². The van der Waals surface area contributed by atoms with Gasteiger partial charge in [-0.05, 0) is 25.8 Å². The highest BCUT2D eigenvalue weighted by Crippen LogP contribution is 2.42. The number of anilines is 1. The Hall–Kier alpha value is -2.65. The Bertz CT molecular complexity index is 1000. The van der Waals surface area contributed by atoms with E-state index in [9.17, 15) is 9.59 Å². The molecule has 8 nitrogen and oxygen atoms in total. The number of pyridine rings is 1. The van der Waals surface area contributed by atoms with Gasteiger partial charge in [0.05, 0.1) is 18.2 Å². The Morgan fingerprint density at radius 3 is 2.75 bits per heavy atom. The molecular weight excluding hydrogens is 367 g/mol. The Balaban J connectivity index is 2.01. The van der Waals surface area contributed by atoms with Crippen molar-refractivity contribution >= 4 is 22.6 Å². The second-order valence-electron chi connectivity index (χ2n) is 7.36. The van der Waals surface area contributed by atoms with Gasteiger partial charge in [-0.3, -0.25) is 4.79 Å². The number of piperazine rings is 1. The molecule has 2 aromatic rings. The fourth-order valence-electron chi connectivity index (χ4n) is 3.83. The van der Waals surface area contributed by atoms with Gasteiger partial charge >= 0.3 is 5.97 Å². The van der Waals surface area contributed by atoms with E-state index in [1.54, 1.807) is 4.57 Å². The second-order valence-corrected chi connectivity index (χ2v) is 7.36. The summed E-state index contributed by atoms with van der Waals surface area (Å²) in [5, 5.41) is 3.49. The molecular formula is C19H23FN4O4. The molecule has 1 aromatic carbocycles. The number of nitrogens with two attached hydrogens (primary N) is 1. The molecule has 2 heterocycles. The van der Waals surface area contributed by atoms with Gasteiger partial charge in [0.15, 0.2) is 5.82 Å². The predicted molar refractivity (Wildman–Crippen MR) is 102 cm³/mol. The molecule has 1 saturated heterocycles. The number of nitrogens with zero attached hydrogens (tertiary/aromatic N) is 2. The number of nitrogens with one attached hydrogen (secondary N) is 1. The number of rotatable bonds is 4. The quantitative estimate of drug-likeness (QED) is 0.600. The molecule has 1 aromatic heterocycles. The molecule has 4 rings (SSSR count). The molecule has 0 amide bonds. The van der Waals surface area contributed by atoms with E-state index in [2.05, 4.69) is 5.32 Å². The van der Waals surface area contributed by atoms with Crippen LogP contribution < -0.4 is 26.4 Å². The normalized spacial score (nSPS) is 19.7. The molecule has 3 N–H and O–H groups in total. The number of methoxy groups -OCH3 is 1. The first-order chi connectivity index (χ1) is 13.5. The summed E-state index contributed by atoms with van der Waals surface area (Å²) in [6.07, 6.45) is 3.14. The van der Waals surface area contributed by atoms with E-state index in [1.165, 1.54) is 19.4 Å². The third-order valence-electron chi connectivity index (χ3n) is 5.36. The fourth-order valence-corrected chi connectivity index (χ4v) is 3.83. The van der Waals surface area contributed by atoms with Crippen LogP contribution in [0.1, 0.15) is 36.2 Å². The van der Waals surface area contributed by atoms with Crippen molar-refractivity contribution < 1.29 is 18.8 Å². The van der Waals surface area contributed by atoms with Crippen LogP contribution in [-0.4, -0.2) is 43.3 Å². The lowest BCUT2D eigenvalue weighted by Gasteiger charge is -2.34. The van der Waals surface area contributed by atoms with Gasteiger partial charge in [0.25, 0.3) is 0 Å². The summed E-state index contributed by atoms with van der Waals surface area (Å²) in [6.45, 7) is 3.83. The average molecular weight is 390 g/mol. The van der Waals surface area contributed by atoms with Crippen LogP contribution in [0, 0.1) is 5.82 Å². The standard InChI is InChI=1S/C19H23FN4O4/c1-10-8-23(6-5-22-10)14-7-12-16(18(28-21)15(14)20)24(11-3-4-11)9-13(17(12)25)19(26)27-2/h7,9-11,22H,3-6,8,21H2,1-2H3. The number of esters is 1. The molecule has 2 aliphatic rings. The minimum Gasteiger partial charge on any atom is -0.465 e. The molecule has 1 saturated carbocycles. The van der Waals surface area contributed by atoms with Gasteiger partial charge in [-0.15, -0.1) is 0 Å². The molecule has 0 bridgehead atoms. The lowest BCUT2D eigenvalue weighted by molar-refractivity contribution is 0.0598. The van der Waals surface area contributed by atoms with E-state index in [4.69, 9.17) is 15.5 Å². The monoisotopic (exact) mass is 390 g/mol. The van der Waals surface area contributed by atoms with E-state index >= 15 is 4.39 Å². The van der Waals surface area contributed by atoms with E-state index in [1.807, 2.05) is 11.8 Å². The van der Waals surface area contributed by atoms with Crippen molar-refractivity contribution in [1.82, 2.24) is 9.88 Å². The van der Waals surface area contributed by atoms with Crippen molar-refractivity contribution in [2.75, 3.05) is 31.6 Å². The zero-order valence-electron chi connectivity index (χ0n) is 15.8. The number of aromatic nitrogens is 1. The number of ether oxygens (including phenoxy) is 1. The predicted octanol–water partition coefficient (Wildman–Crippen LogP) is 1.31. The summed E-state index contributed by atoms with van der Waals surface area (Å²) in [5.74, 6) is 3.92. The number of hydrogen-bond acceptors (Lipinski definition) is 7. The summed E-state index contributed by atoms with van der Waals surface area (Å²) >= 11 is 0. The first kappa shape index (κ1) is 18.7. The molecule has 150 valence electrons. The first-order valence-electron chi connectivity index (χ1n) is 9.31. The van der Waals surface area contributed by atoms with E-state index in [0.717, 1.165) is 12.8 Å². The van der Waals surface area contributed by atoms with Gasteiger partial charge in [-0.1, -0.05) is 0 Å². The van der Waals surface area contributed by atoms with Crippen molar-refractivity contribution in [2.45, 2.75) is 31.8 Å². The molecule has 1 unspecified atom stereocenters. The number of halogens is 1. The number of fused-ring (bicyclic) bond motifs is 1. The van der Waals surface area contributed by atoms with Crippen molar-refractivity contribution in [1.29, 1.82) is 0 Å². The summed E-state index contributed by atoms with van der Waals surface area (Å²) in [4.78, 5) is 32.0. The summed E-state index contributed by atoms with van der Waals surface area (Å²) < 4.78 is 21.8. The fraction of sp³-hybridized carbons (Fsp3) is 0.474. The molecule has 2 fully saturated rings. The smallest absolute Gasteiger partial charge is 0.343 e. The van der Waals surface area contributed by atoms with Crippen LogP contribution >= 0.6 is 0 Å². The van der Waals surface area contributed by atoms with E-state index < -0.39 is 17.2 Å². The molecule has 0 radical (unpaired) electrons. The van der Waals surface area contributed by atoms with Gasteiger partial charge in [0.1, 0.15) is 11.1 Å². The second kappa shape index (κ2) is 7.06. The topological polar surface area (TPSA) is 98.8 Å². The Morgan fingerprint density at radius 1 is 1.39 bits per heavy atom. The molecule has 0 spiro atoms. The molecule has 1 aliphatic heterocycles. The van der Waals surface area contributed by atoms with Crippen LogP contribution in [-0.2, 0) is 4.74 Å². The SMILES string of the molecule is COC(=O)c1cn(C2CC2)c2c(ON)c(F)c(N3CCNC(C)C3)cc2c1=O. The van der Waals surface area contributed by atoms with Gasteiger partial charge < -0.3 is 24.4 Å². The number of carbonyl (C=O) groups is 1. The highest BCUT2D eigenvalue weighted by atomic mass is 19.1. The van der Waals surface area contributed by atoms with E-state index in [0.29, 0.717) is 19.6 Å². The largest absolute Gasteiger partial charge is 0.465 e. The van der Waals surface area contributed by atoms with Crippen LogP contribution in [0.25, 0.3) is 10.9 Å². The minimum atomic E-state index is -0.724. The van der Waals surface area contributed by atoms with Crippen molar-refractivity contribution in [3.8, 4) is 5.75 Å². The maximum absolute atomic E-state index is 15.4. The Morgan fingerprint density at radius 2 is 2.14 bits per heavy atom. The molecule has 9 heteroatoms. The maximum Gasteiger partial charge on any atom is 0.343 e. The van der Waals surface area contributed by atoms with Gasteiger partial charge in [-0.25, -0.2) is 9.18 Å². The van der Waals surface area contributed by atoms with Crippen molar-refractivity contribution in [3.05, 3.63) is 33.9 Å². The Kier molecular flexibility index (Phi) is 4.72. The highest BCUT2D eigenvalue weighted by Gasteiger charge is 2.31. The highest BCUT2D eigenvalue weighted by molar-refractivity contribution is 5.97. The van der Waals surface area contributed by atoms with Crippen LogP contribution in [0.2, 0.25) is 0 Å². The number of hydrogen-bond donors (Lipinski definition) is 2. The van der Waals surface area contributed by atoms with Gasteiger partial charge in [0, 0.05) is 37.9 Å². The molecule has 1 aliphatic carbocycles. The van der Waals surface area contributed by atoms with Crippen LogP contribution in [0.5, 0.6) is 5.75 Å². The zero-order chi connectivity index (χ0) is 20.0. The van der Waals surface area contributed by atoms with Crippen LogP contribution in [0.15, 0.2) is 17.1 Å². The van der Waals surface area contributed by atoms with Crippen molar-refractivity contribution in [2.24, 2.45) is 5.90 Å². The van der Waals surface area contributed by atoms with Gasteiger partial charge in [0.2, 0.25) is 11.2 Å². The lowest BCUT2D eigenvalue weighted by atomic mass is 10.1. The summed E-state index contributed by atoms with van der Waals surface area (Å²) in [6, 6.07) is 1.72. The third kappa shape index (κ3) is 3.00. The van der Waals surface area contributed by atoms with Crippen LogP contribution in [0.3, 0.4) is 0 Å². The summed E-state index contributed by atoms with van der Waals surface area (Å²) in [5.41, 5.74) is -0.104. The first-order valence-corrected chi connectivity index (χ1v) is 9.31. The lowest BCUT2D eigenvalue weighted by Crippen LogP contribution is -2.49. The number of carbonyl (C=O) groups excluding carboxylic acids is 1. The molecule has 1 atom stereocenters. The van der Waals surface area contributed by atoms with Crippen molar-refractivity contribution in [3.63, 3.8) is 0 Å². The zero-order valence-corrected chi connectivity index (χ0v) is 15.8. The minimum absolute atomic E-state index is 0.0601. The maximum atomic E-state index is 15.4. The summed E-state index contributed by atoms with van der Waals surface area (Å²) in [7, 11) is 1.22. The third-order valence-corrected chi connectivity index (χ3v) is 5.36. The molecule has 28 heavy (non-hydrogen) atoms. The average Bonchev–Trinajstić information content (AvgIpc) is 3.52.